The predicted octanol–water partition coefficient (Wildman–Crippen LogP) is 2.21. The van der Waals surface area contributed by atoms with Gasteiger partial charge in [0.15, 0.2) is 0 Å². The molecule has 1 atom stereocenters. The van der Waals surface area contributed by atoms with Gasteiger partial charge in [0.1, 0.15) is 0 Å². The fraction of sp³-hybridized carbons (Fsp3) is 0.588. The van der Waals surface area contributed by atoms with Crippen LogP contribution in [0, 0.1) is 0 Å². The number of benzene rings is 1. The normalized spacial score (nSPS) is 23.1. The molecule has 1 N–H and O–H groups in total. The molecule has 4 heteroatoms. The van der Waals surface area contributed by atoms with Gasteiger partial charge in [-0.2, -0.15) is 0 Å². The summed E-state index contributed by atoms with van der Waals surface area (Å²) < 4.78 is 0. The molecule has 2 aliphatic heterocycles. The van der Waals surface area contributed by atoms with Crippen molar-refractivity contribution in [2.75, 3.05) is 38.5 Å². The molecule has 3 rings (SSSR count). The number of aryl methyl sites for hydroxylation is 1. The number of amides is 1. The third kappa shape index (κ3) is 3.05. The maximum Gasteiger partial charge on any atom is 0.254 e. The third-order valence-corrected chi connectivity index (χ3v) is 4.60. The summed E-state index contributed by atoms with van der Waals surface area (Å²) >= 11 is 0. The number of nitrogens with zero attached hydrogens (tertiary/aromatic N) is 2. The van der Waals surface area contributed by atoms with E-state index in [0.29, 0.717) is 0 Å². The van der Waals surface area contributed by atoms with Crippen molar-refractivity contribution < 1.29 is 4.79 Å². The van der Waals surface area contributed by atoms with Gasteiger partial charge in [-0.05, 0) is 63.5 Å². The number of anilines is 1. The summed E-state index contributed by atoms with van der Waals surface area (Å²) in [6.07, 6.45) is 3.27. The van der Waals surface area contributed by atoms with E-state index in [0.717, 1.165) is 51.0 Å². The summed E-state index contributed by atoms with van der Waals surface area (Å²) in [4.78, 5) is 17.2. The molecule has 1 amide bonds. The summed E-state index contributed by atoms with van der Waals surface area (Å²) in [7, 11) is 2.13. The number of hydrogen-bond acceptors (Lipinski definition) is 3. The van der Waals surface area contributed by atoms with Gasteiger partial charge in [-0.3, -0.25) is 4.79 Å². The molecule has 4 nitrogen and oxygen atoms in total. The number of hydrogen-bond donors (Lipinski definition) is 1. The zero-order valence-electron chi connectivity index (χ0n) is 13.1. The van der Waals surface area contributed by atoms with Crippen LogP contribution in [0.15, 0.2) is 18.2 Å². The average Bonchev–Trinajstić information content (AvgIpc) is 2.66. The lowest BCUT2D eigenvalue weighted by atomic mass is 10.00. The molecule has 1 aromatic carbocycles. The van der Waals surface area contributed by atoms with Crippen LogP contribution in [0.4, 0.5) is 5.69 Å². The quantitative estimate of drug-likeness (QED) is 0.860. The van der Waals surface area contributed by atoms with Crippen LogP contribution < -0.4 is 5.32 Å². The highest BCUT2D eigenvalue weighted by Crippen LogP contribution is 2.24. The minimum atomic E-state index is 0.186. The van der Waals surface area contributed by atoms with Crippen molar-refractivity contribution in [2.24, 2.45) is 0 Å². The van der Waals surface area contributed by atoms with E-state index in [1.54, 1.807) is 0 Å². The molecule has 1 unspecified atom stereocenters. The Hall–Kier alpha value is -1.55. The molecule has 0 spiro atoms. The summed E-state index contributed by atoms with van der Waals surface area (Å²) in [5, 5.41) is 3.40. The Labute approximate surface area is 127 Å². The van der Waals surface area contributed by atoms with E-state index in [9.17, 15) is 4.79 Å². The van der Waals surface area contributed by atoms with E-state index in [1.807, 2.05) is 11.0 Å². The van der Waals surface area contributed by atoms with E-state index in [2.05, 4.69) is 36.3 Å². The smallest absolute Gasteiger partial charge is 0.254 e. The number of carbonyl (C=O) groups excluding carboxylic acids is 1. The van der Waals surface area contributed by atoms with Crippen molar-refractivity contribution in [3.8, 4) is 0 Å². The second kappa shape index (κ2) is 6.06. The summed E-state index contributed by atoms with van der Waals surface area (Å²) in [6.45, 7) is 6.08. The van der Waals surface area contributed by atoms with Crippen LogP contribution in [0.5, 0.6) is 0 Å². The number of rotatable bonds is 1. The highest BCUT2D eigenvalue weighted by Gasteiger charge is 2.25. The molecule has 0 saturated carbocycles. The van der Waals surface area contributed by atoms with Gasteiger partial charge in [-0.15, -0.1) is 0 Å². The molecule has 1 fully saturated rings. The molecule has 2 aliphatic rings. The highest BCUT2D eigenvalue weighted by molar-refractivity contribution is 5.95. The summed E-state index contributed by atoms with van der Waals surface area (Å²) in [5.41, 5.74) is 3.32. The topological polar surface area (TPSA) is 35.6 Å². The lowest BCUT2D eigenvalue weighted by molar-refractivity contribution is 0.0696. The van der Waals surface area contributed by atoms with E-state index < -0.39 is 0 Å². The fourth-order valence-corrected chi connectivity index (χ4v) is 3.45. The van der Waals surface area contributed by atoms with Crippen molar-refractivity contribution in [3.05, 3.63) is 29.3 Å². The van der Waals surface area contributed by atoms with Gasteiger partial charge in [0, 0.05) is 36.9 Å². The van der Waals surface area contributed by atoms with Crippen LogP contribution in [-0.2, 0) is 6.42 Å². The van der Waals surface area contributed by atoms with Crippen molar-refractivity contribution in [1.29, 1.82) is 0 Å². The van der Waals surface area contributed by atoms with Crippen LogP contribution in [0.25, 0.3) is 0 Å². The molecule has 1 saturated heterocycles. The van der Waals surface area contributed by atoms with Crippen LogP contribution in [0.2, 0.25) is 0 Å². The highest BCUT2D eigenvalue weighted by atomic mass is 16.2. The third-order valence-electron chi connectivity index (χ3n) is 4.60. The number of carbonyl (C=O) groups is 1. The van der Waals surface area contributed by atoms with Crippen LogP contribution >= 0.6 is 0 Å². The minimum Gasteiger partial charge on any atom is -0.385 e. The van der Waals surface area contributed by atoms with Gasteiger partial charge in [0.25, 0.3) is 5.91 Å². The van der Waals surface area contributed by atoms with Crippen LogP contribution in [-0.4, -0.2) is 55.0 Å². The Balaban J connectivity index is 1.81. The molecule has 21 heavy (non-hydrogen) atoms. The second-order valence-corrected chi connectivity index (χ2v) is 6.37. The molecule has 114 valence electrons. The largest absolute Gasteiger partial charge is 0.385 e. The molecule has 2 heterocycles. The van der Waals surface area contributed by atoms with Crippen LogP contribution in [0.1, 0.15) is 35.7 Å². The fourth-order valence-electron chi connectivity index (χ4n) is 3.45. The van der Waals surface area contributed by atoms with Gasteiger partial charge in [-0.25, -0.2) is 0 Å². The lowest BCUT2D eigenvalue weighted by Crippen LogP contribution is -2.42. The van der Waals surface area contributed by atoms with Crippen molar-refractivity contribution in [1.82, 2.24) is 9.80 Å². The first-order chi connectivity index (χ1) is 10.1. The molecule has 0 aliphatic carbocycles. The Morgan fingerprint density at radius 3 is 3.00 bits per heavy atom. The molecule has 0 radical (unpaired) electrons. The molecule has 0 bridgehead atoms. The molecule has 0 aromatic heterocycles. The number of likely N-dealkylation sites (N-methyl/N-ethyl adjacent to an activating group) is 1. The van der Waals surface area contributed by atoms with E-state index in [-0.39, 0.29) is 11.9 Å². The van der Waals surface area contributed by atoms with Gasteiger partial charge in [0.05, 0.1) is 0 Å². The minimum absolute atomic E-state index is 0.186. The summed E-state index contributed by atoms with van der Waals surface area (Å²) in [6, 6.07) is 6.40. The van der Waals surface area contributed by atoms with Gasteiger partial charge < -0.3 is 15.1 Å². The van der Waals surface area contributed by atoms with Crippen molar-refractivity contribution >= 4 is 11.6 Å². The maximum atomic E-state index is 12.8. The zero-order valence-corrected chi connectivity index (χ0v) is 13.1. The van der Waals surface area contributed by atoms with E-state index >= 15 is 0 Å². The van der Waals surface area contributed by atoms with Crippen molar-refractivity contribution in [2.45, 2.75) is 32.2 Å². The predicted molar refractivity (Wildman–Crippen MR) is 85.9 cm³/mol. The van der Waals surface area contributed by atoms with Gasteiger partial charge >= 0.3 is 0 Å². The van der Waals surface area contributed by atoms with Gasteiger partial charge in [0.2, 0.25) is 0 Å². The Morgan fingerprint density at radius 1 is 1.29 bits per heavy atom. The van der Waals surface area contributed by atoms with Crippen LogP contribution in [0.3, 0.4) is 0 Å². The monoisotopic (exact) mass is 287 g/mol. The zero-order chi connectivity index (χ0) is 14.8. The lowest BCUT2D eigenvalue weighted by Gasteiger charge is -2.28. The maximum absolute atomic E-state index is 12.8. The number of nitrogens with one attached hydrogen (secondary N) is 1. The second-order valence-electron chi connectivity index (χ2n) is 6.37. The first-order valence-corrected chi connectivity index (χ1v) is 8.01. The standard InChI is InChI=1S/C17H25N3O/c1-13-12-19(2)9-4-10-20(13)17(21)15-6-7-16-14(11-15)5-3-8-18-16/h6-7,11,13,18H,3-5,8-10,12H2,1-2H3. The molecular formula is C17H25N3O. The molecular weight excluding hydrogens is 262 g/mol. The Bertz CT molecular complexity index is 529. The average molecular weight is 287 g/mol. The number of fused-ring (bicyclic) bond motifs is 1. The first-order valence-electron chi connectivity index (χ1n) is 8.01. The Morgan fingerprint density at radius 2 is 2.14 bits per heavy atom. The summed E-state index contributed by atoms with van der Waals surface area (Å²) in [5.74, 6) is 0.186. The van der Waals surface area contributed by atoms with E-state index in [4.69, 9.17) is 0 Å². The van der Waals surface area contributed by atoms with E-state index in [1.165, 1.54) is 11.3 Å². The molecule has 1 aromatic rings. The van der Waals surface area contributed by atoms with Gasteiger partial charge in [-0.1, -0.05) is 0 Å². The first kappa shape index (κ1) is 14.4. The van der Waals surface area contributed by atoms with Crippen molar-refractivity contribution in [3.63, 3.8) is 0 Å². The Kier molecular flexibility index (Phi) is 4.15. The SMILES string of the molecule is CC1CN(C)CCCN1C(=O)c1ccc2c(c1)CCCN2.